The van der Waals surface area contributed by atoms with Crippen LogP contribution in [0.15, 0.2) is 4.99 Å². The molecule has 2 N–H and O–H groups in total. The molecule has 1 unspecified atom stereocenters. The van der Waals surface area contributed by atoms with Gasteiger partial charge in [-0.3, -0.25) is 10.1 Å². The quantitative estimate of drug-likeness (QED) is 0.721. The average Bonchev–Trinajstić information content (AvgIpc) is 2.12. The van der Waals surface area contributed by atoms with E-state index in [0.717, 1.165) is 0 Å². The Hall–Kier alpha value is -1.28. The average molecular weight is 261 g/mol. The Balaban J connectivity index is 2.95. The van der Waals surface area contributed by atoms with Gasteiger partial charge in [-0.2, -0.15) is 0 Å². The first kappa shape index (κ1) is 13.8. The SMILES string of the molecule is CC1=NC(=O)NC(=O)C1S(=O)(=O)NCC(C)C. The van der Waals surface area contributed by atoms with Crippen molar-refractivity contribution in [2.75, 3.05) is 6.54 Å². The highest BCUT2D eigenvalue weighted by Crippen LogP contribution is 2.08. The van der Waals surface area contributed by atoms with Crippen LogP contribution in [0.3, 0.4) is 0 Å². The van der Waals surface area contributed by atoms with Crippen molar-refractivity contribution in [2.45, 2.75) is 26.0 Å². The van der Waals surface area contributed by atoms with Gasteiger partial charge in [0, 0.05) is 12.3 Å². The van der Waals surface area contributed by atoms with Gasteiger partial charge in [0.1, 0.15) is 0 Å². The van der Waals surface area contributed by atoms with Crippen LogP contribution in [-0.2, 0) is 14.8 Å². The second-order valence-corrected chi connectivity index (χ2v) is 6.07. The summed E-state index contributed by atoms with van der Waals surface area (Å²) < 4.78 is 26.0. The van der Waals surface area contributed by atoms with Crippen LogP contribution in [-0.4, -0.2) is 37.9 Å². The van der Waals surface area contributed by atoms with Gasteiger partial charge in [-0.05, 0) is 12.8 Å². The van der Waals surface area contributed by atoms with Crippen molar-refractivity contribution in [1.82, 2.24) is 10.0 Å². The predicted octanol–water partition coefficient (Wildman–Crippen LogP) is -0.359. The zero-order valence-corrected chi connectivity index (χ0v) is 10.7. The predicted molar refractivity (Wildman–Crippen MR) is 62.2 cm³/mol. The summed E-state index contributed by atoms with van der Waals surface area (Å²) in [6.45, 7) is 5.26. The lowest BCUT2D eigenvalue weighted by molar-refractivity contribution is -0.118. The molecule has 0 bridgehead atoms. The summed E-state index contributed by atoms with van der Waals surface area (Å²) in [7, 11) is -3.85. The molecule has 1 rings (SSSR count). The van der Waals surface area contributed by atoms with Crippen LogP contribution in [0.2, 0.25) is 0 Å². The molecule has 1 aliphatic rings. The van der Waals surface area contributed by atoms with Crippen molar-refractivity contribution in [3.8, 4) is 0 Å². The molecule has 0 spiro atoms. The molecule has 0 saturated heterocycles. The minimum atomic E-state index is -3.85. The number of sulfonamides is 1. The summed E-state index contributed by atoms with van der Waals surface area (Å²) in [5.41, 5.74) is -0.0185. The van der Waals surface area contributed by atoms with Crippen molar-refractivity contribution in [1.29, 1.82) is 0 Å². The van der Waals surface area contributed by atoms with Crippen LogP contribution in [0.4, 0.5) is 4.79 Å². The lowest BCUT2D eigenvalue weighted by Crippen LogP contribution is -2.53. The molecule has 0 aliphatic carbocycles. The molecule has 0 fully saturated rings. The van der Waals surface area contributed by atoms with Gasteiger partial charge in [-0.1, -0.05) is 13.8 Å². The third kappa shape index (κ3) is 3.34. The topological polar surface area (TPSA) is 105 Å². The standard InChI is InChI=1S/C9H15N3O4S/c1-5(2)4-10-17(15,16)7-6(3)11-9(14)12-8(7)13/h5,7,10H,4H2,1-3H3,(H,12,13,14). The van der Waals surface area contributed by atoms with Gasteiger partial charge >= 0.3 is 6.03 Å². The van der Waals surface area contributed by atoms with Gasteiger partial charge in [0.2, 0.25) is 10.0 Å². The Morgan fingerprint density at radius 2 is 2.00 bits per heavy atom. The molecule has 0 aromatic carbocycles. The van der Waals surface area contributed by atoms with Crippen molar-refractivity contribution in [2.24, 2.45) is 10.9 Å². The van der Waals surface area contributed by atoms with Crippen LogP contribution in [0.5, 0.6) is 0 Å². The van der Waals surface area contributed by atoms with Crippen molar-refractivity contribution in [3.63, 3.8) is 0 Å². The van der Waals surface area contributed by atoms with Gasteiger partial charge < -0.3 is 0 Å². The molecular formula is C9H15N3O4S. The Labute approximate surface area is 99.7 Å². The smallest absolute Gasteiger partial charge is 0.275 e. The summed E-state index contributed by atoms with van der Waals surface area (Å²) in [5.74, 6) is -0.742. The normalized spacial score (nSPS) is 21.4. The largest absolute Gasteiger partial charge is 0.347 e. The lowest BCUT2D eigenvalue weighted by atomic mass is 10.2. The number of carbonyl (C=O) groups is 2. The molecule has 17 heavy (non-hydrogen) atoms. The van der Waals surface area contributed by atoms with Gasteiger partial charge in [0.15, 0.2) is 5.25 Å². The number of aliphatic imine (C=N–C) groups is 1. The zero-order chi connectivity index (χ0) is 13.2. The number of imide groups is 1. The number of nitrogens with one attached hydrogen (secondary N) is 2. The van der Waals surface area contributed by atoms with E-state index in [9.17, 15) is 18.0 Å². The fourth-order valence-electron chi connectivity index (χ4n) is 1.34. The number of carbonyl (C=O) groups excluding carboxylic acids is 2. The van der Waals surface area contributed by atoms with E-state index in [1.165, 1.54) is 6.92 Å². The van der Waals surface area contributed by atoms with Crippen LogP contribution in [0, 0.1) is 5.92 Å². The van der Waals surface area contributed by atoms with Crippen LogP contribution in [0.25, 0.3) is 0 Å². The third-order valence-electron chi connectivity index (χ3n) is 2.13. The molecule has 3 amide bonds. The Kier molecular flexibility index (Phi) is 3.99. The fourth-order valence-corrected chi connectivity index (χ4v) is 2.91. The minimum Gasteiger partial charge on any atom is -0.275 e. The maximum absolute atomic E-state index is 11.9. The highest BCUT2D eigenvalue weighted by Gasteiger charge is 2.39. The van der Waals surface area contributed by atoms with Crippen LogP contribution in [0.1, 0.15) is 20.8 Å². The molecule has 0 aromatic rings. The van der Waals surface area contributed by atoms with E-state index >= 15 is 0 Å². The Bertz CT molecular complexity index is 467. The fraction of sp³-hybridized carbons (Fsp3) is 0.667. The minimum absolute atomic E-state index is 0.0185. The molecule has 1 heterocycles. The highest BCUT2D eigenvalue weighted by atomic mass is 32.2. The summed E-state index contributed by atoms with van der Waals surface area (Å²) in [5, 5.41) is 0.437. The van der Waals surface area contributed by atoms with E-state index in [1.54, 1.807) is 0 Å². The zero-order valence-electron chi connectivity index (χ0n) is 9.85. The van der Waals surface area contributed by atoms with Gasteiger partial charge in [0.25, 0.3) is 5.91 Å². The first-order chi connectivity index (χ1) is 7.74. The summed E-state index contributed by atoms with van der Waals surface area (Å²) in [4.78, 5) is 25.8. The molecule has 1 atom stereocenters. The molecular weight excluding hydrogens is 246 g/mol. The van der Waals surface area contributed by atoms with E-state index in [1.807, 2.05) is 19.2 Å². The second kappa shape index (κ2) is 4.92. The molecule has 96 valence electrons. The maximum Gasteiger partial charge on any atom is 0.347 e. The van der Waals surface area contributed by atoms with E-state index in [0.29, 0.717) is 0 Å². The molecule has 7 nitrogen and oxygen atoms in total. The number of rotatable bonds is 4. The van der Waals surface area contributed by atoms with E-state index < -0.39 is 27.2 Å². The van der Waals surface area contributed by atoms with Crippen molar-refractivity contribution >= 4 is 27.7 Å². The third-order valence-corrected chi connectivity index (χ3v) is 3.87. The molecule has 0 aromatic heterocycles. The molecule has 8 heteroatoms. The van der Waals surface area contributed by atoms with Gasteiger partial charge in [-0.15, -0.1) is 0 Å². The number of urea groups is 1. The van der Waals surface area contributed by atoms with E-state index in [2.05, 4.69) is 9.71 Å². The highest BCUT2D eigenvalue weighted by molar-refractivity contribution is 7.91. The number of hydrogen-bond acceptors (Lipinski definition) is 4. The number of nitrogens with zero attached hydrogens (tertiary/aromatic N) is 1. The first-order valence-corrected chi connectivity index (χ1v) is 6.67. The Morgan fingerprint density at radius 3 is 2.47 bits per heavy atom. The van der Waals surface area contributed by atoms with E-state index in [4.69, 9.17) is 0 Å². The Morgan fingerprint density at radius 1 is 1.41 bits per heavy atom. The molecule has 0 radical (unpaired) electrons. The lowest BCUT2D eigenvalue weighted by Gasteiger charge is -2.20. The van der Waals surface area contributed by atoms with Gasteiger partial charge in [-0.25, -0.2) is 22.9 Å². The van der Waals surface area contributed by atoms with E-state index in [-0.39, 0.29) is 18.2 Å². The second-order valence-electron chi connectivity index (χ2n) is 4.21. The van der Waals surface area contributed by atoms with Crippen molar-refractivity contribution < 1.29 is 18.0 Å². The number of hydrogen-bond donors (Lipinski definition) is 2. The monoisotopic (exact) mass is 261 g/mol. The van der Waals surface area contributed by atoms with Crippen LogP contribution < -0.4 is 10.0 Å². The van der Waals surface area contributed by atoms with Gasteiger partial charge in [0.05, 0.1) is 0 Å². The summed E-state index contributed by atoms with van der Waals surface area (Å²) in [6, 6.07) is -0.831. The molecule has 0 saturated carbocycles. The van der Waals surface area contributed by atoms with Crippen LogP contribution >= 0.6 is 0 Å². The maximum atomic E-state index is 11.9. The summed E-state index contributed by atoms with van der Waals surface area (Å²) in [6.07, 6.45) is 0. The molecule has 1 aliphatic heterocycles. The van der Waals surface area contributed by atoms with Crippen molar-refractivity contribution in [3.05, 3.63) is 0 Å². The number of amides is 3. The summed E-state index contributed by atoms with van der Waals surface area (Å²) >= 11 is 0. The first-order valence-electron chi connectivity index (χ1n) is 5.12.